The summed E-state index contributed by atoms with van der Waals surface area (Å²) < 4.78 is 2.56. The average Bonchev–Trinajstić information content (AvgIpc) is 2.66. The van der Waals surface area contributed by atoms with Crippen molar-refractivity contribution in [1.82, 2.24) is 0 Å². The summed E-state index contributed by atoms with van der Waals surface area (Å²) in [5, 5.41) is 13.1. The molecule has 0 N–H and O–H groups in total. The molecule has 0 fully saturated rings. The Labute approximate surface area is 101 Å². The van der Waals surface area contributed by atoms with Gasteiger partial charge in [0, 0.05) is 0 Å². The molecule has 0 saturated heterocycles. The molecule has 4 heteroatoms. The van der Waals surface area contributed by atoms with Crippen molar-refractivity contribution in [2.24, 2.45) is 0 Å². The molecule has 16 heavy (non-hydrogen) atoms. The quantitative estimate of drug-likeness (QED) is 0.392. The van der Waals surface area contributed by atoms with Gasteiger partial charge in [0.2, 0.25) is 0 Å². The van der Waals surface area contributed by atoms with Gasteiger partial charge in [0.25, 0.3) is 0 Å². The van der Waals surface area contributed by atoms with Gasteiger partial charge in [-0.25, -0.2) is 0 Å². The standard InChI is InChI=1S/C12H7NO2Te/c14-13(15)8-5-6-10-9-3-1-2-4-11(9)16-12(10)7-8/h1-7H. The van der Waals surface area contributed by atoms with Crippen LogP contribution in [-0.2, 0) is 0 Å². The minimum absolute atomic E-state index is 0.205. The maximum atomic E-state index is 10.7. The van der Waals surface area contributed by atoms with Crippen LogP contribution in [0.5, 0.6) is 0 Å². The van der Waals surface area contributed by atoms with E-state index in [9.17, 15) is 10.1 Å². The molecule has 0 radical (unpaired) electrons. The van der Waals surface area contributed by atoms with Crippen LogP contribution in [0.4, 0.5) is 5.69 Å². The molecule has 2 aromatic carbocycles. The first-order valence-electron chi connectivity index (χ1n) is 4.81. The number of rotatable bonds is 1. The maximum absolute atomic E-state index is 10.7. The van der Waals surface area contributed by atoms with Crippen molar-refractivity contribution >= 4 is 43.7 Å². The molecule has 0 spiro atoms. The Bertz CT molecular complexity index is 702. The number of nitro benzene ring substituents is 1. The summed E-state index contributed by atoms with van der Waals surface area (Å²) in [6.07, 6.45) is 0. The third-order valence-corrected chi connectivity index (χ3v) is 5.81. The second-order valence-electron chi connectivity index (χ2n) is 3.54. The zero-order chi connectivity index (χ0) is 11.1. The van der Waals surface area contributed by atoms with Gasteiger partial charge in [-0.3, -0.25) is 0 Å². The van der Waals surface area contributed by atoms with E-state index in [1.165, 1.54) is 17.6 Å². The van der Waals surface area contributed by atoms with E-state index in [1.807, 2.05) is 18.2 Å². The zero-order valence-electron chi connectivity index (χ0n) is 8.21. The van der Waals surface area contributed by atoms with Crippen LogP contribution < -0.4 is 0 Å². The second-order valence-corrected chi connectivity index (χ2v) is 6.63. The normalized spacial score (nSPS) is 11.0. The van der Waals surface area contributed by atoms with E-state index < -0.39 is 20.4 Å². The van der Waals surface area contributed by atoms with Crippen LogP contribution >= 0.6 is 0 Å². The number of nitro groups is 1. The van der Waals surface area contributed by atoms with E-state index in [0.717, 1.165) is 0 Å². The molecule has 3 nitrogen and oxygen atoms in total. The first-order valence-corrected chi connectivity index (χ1v) is 7.14. The van der Waals surface area contributed by atoms with E-state index in [0.29, 0.717) is 0 Å². The summed E-state index contributed by atoms with van der Waals surface area (Å²) in [4.78, 5) is 10.4. The molecule has 0 saturated carbocycles. The van der Waals surface area contributed by atoms with Crippen molar-refractivity contribution in [2.75, 3.05) is 0 Å². The Balaban J connectivity index is 2.41. The van der Waals surface area contributed by atoms with Crippen LogP contribution in [-0.4, -0.2) is 25.4 Å². The van der Waals surface area contributed by atoms with E-state index in [1.54, 1.807) is 12.1 Å². The first kappa shape index (κ1) is 9.83. The van der Waals surface area contributed by atoms with Gasteiger partial charge in [-0.05, 0) is 0 Å². The summed E-state index contributed by atoms with van der Waals surface area (Å²) in [6, 6.07) is 13.5. The van der Waals surface area contributed by atoms with E-state index in [4.69, 9.17) is 0 Å². The number of non-ortho nitro benzene ring substituents is 1. The van der Waals surface area contributed by atoms with E-state index in [-0.39, 0.29) is 10.6 Å². The monoisotopic (exact) mass is 327 g/mol. The fraction of sp³-hybridized carbons (Fsp3) is 0. The van der Waals surface area contributed by atoms with Crippen LogP contribution in [0, 0.1) is 10.1 Å². The SMILES string of the molecule is O=[N+]([O-])c1ccc2c(c1)[te]c1ccccc12. The Hall–Kier alpha value is -1.37. The Kier molecular flexibility index (Phi) is 2.20. The summed E-state index contributed by atoms with van der Waals surface area (Å²) in [7, 11) is 0. The molecule has 0 aliphatic rings. The third-order valence-electron chi connectivity index (χ3n) is 2.57. The topological polar surface area (TPSA) is 43.1 Å². The van der Waals surface area contributed by atoms with Crippen molar-refractivity contribution in [3.05, 3.63) is 52.6 Å². The van der Waals surface area contributed by atoms with Crippen molar-refractivity contribution in [3.63, 3.8) is 0 Å². The van der Waals surface area contributed by atoms with Gasteiger partial charge < -0.3 is 0 Å². The number of nitrogens with zero attached hydrogens (tertiary/aromatic N) is 1. The zero-order valence-corrected chi connectivity index (χ0v) is 10.5. The van der Waals surface area contributed by atoms with Gasteiger partial charge in [0.15, 0.2) is 0 Å². The average molecular weight is 325 g/mol. The molecule has 0 bridgehead atoms. The molecule has 3 aromatic rings. The van der Waals surface area contributed by atoms with Crippen LogP contribution in [0.3, 0.4) is 0 Å². The Morgan fingerprint density at radius 3 is 2.56 bits per heavy atom. The van der Waals surface area contributed by atoms with Crippen molar-refractivity contribution in [3.8, 4) is 0 Å². The van der Waals surface area contributed by atoms with Gasteiger partial charge in [0.05, 0.1) is 0 Å². The molecule has 78 valence electrons. The second kappa shape index (κ2) is 3.58. The third kappa shape index (κ3) is 1.42. The summed E-state index contributed by atoms with van der Waals surface area (Å²) >= 11 is -0.434. The van der Waals surface area contributed by atoms with Crippen molar-refractivity contribution < 1.29 is 4.92 Å². The molecule has 3 rings (SSSR count). The molecule has 0 unspecified atom stereocenters. The van der Waals surface area contributed by atoms with Crippen LogP contribution in [0.2, 0.25) is 0 Å². The van der Waals surface area contributed by atoms with Crippen molar-refractivity contribution in [2.45, 2.75) is 0 Å². The first-order chi connectivity index (χ1) is 7.75. The van der Waals surface area contributed by atoms with Gasteiger partial charge in [-0.2, -0.15) is 0 Å². The molecule has 0 atom stereocenters. The summed E-state index contributed by atoms with van der Waals surface area (Å²) in [5.41, 5.74) is 0.205. The Morgan fingerprint density at radius 1 is 1.00 bits per heavy atom. The van der Waals surface area contributed by atoms with Gasteiger partial charge >= 0.3 is 101 Å². The van der Waals surface area contributed by atoms with Crippen LogP contribution in [0.15, 0.2) is 42.5 Å². The van der Waals surface area contributed by atoms with E-state index in [2.05, 4.69) is 12.1 Å². The number of hydrogen-bond acceptors (Lipinski definition) is 2. The molecular formula is C12H7NO2Te. The van der Waals surface area contributed by atoms with Crippen LogP contribution in [0.1, 0.15) is 0 Å². The molecule has 0 aliphatic carbocycles. The predicted octanol–water partition coefficient (Wildman–Crippen LogP) is 2.96. The van der Waals surface area contributed by atoms with Gasteiger partial charge in [0.1, 0.15) is 0 Å². The molecule has 1 heterocycles. The molecule has 0 amide bonds. The van der Waals surface area contributed by atoms with Crippen LogP contribution in [0.25, 0.3) is 17.6 Å². The summed E-state index contributed by atoms with van der Waals surface area (Å²) in [6.45, 7) is 0. The molecular weight excluding hydrogens is 318 g/mol. The molecule has 0 aliphatic heterocycles. The number of benzene rings is 2. The van der Waals surface area contributed by atoms with Gasteiger partial charge in [-0.15, -0.1) is 0 Å². The fourth-order valence-corrected chi connectivity index (χ4v) is 5.08. The van der Waals surface area contributed by atoms with E-state index >= 15 is 0 Å². The predicted molar refractivity (Wildman–Crippen MR) is 65.0 cm³/mol. The number of hydrogen-bond donors (Lipinski definition) is 0. The molecule has 1 aromatic heterocycles. The fourth-order valence-electron chi connectivity index (χ4n) is 1.83. The van der Waals surface area contributed by atoms with Crippen molar-refractivity contribution in [1.29, 1.82) is 0 Å². The van der Waals surface area contributed by atoms with Gasteiger partial charge in [-0.1, -0.05) is 0 Å². The Morgan fingerprint density at radius 2 is 1.75 bits per heavy atom. The number of fused-ring (bicyclic) bond motifs is 3. The minimum atomic E-state index is -0.434. The summed E-state index contributed by atoms with van der Waals surface area (Å²) in [5.74, 6) is 0.